The summed E-state index contributed by atoms with van der Waals surface area (Å²) in [5.41, 5.74) is 0.114. The molecule has 3 rings (SSSR count). The minimum absolute atomic E-state index is 0.154. The van der Waals surface area contributed by atoms with Crippen molar-refractivity contribution >= 4 is 11.8 Å². The Morgan fingerprint density at radius 3 is 2.41 bits per heavy atom. The first-order chi connectivity index (χ1) is 13.8. The molecular weight excluding hydrogens is 382 g/mol. The van der Waals surface area contributed by atoms with Crippen LogP contribution in [-0.2, 0) is 11.3 Å². The van der Waals surface area contributed by atoms with Crippen molar-refractivity contribution in [1.29, 1.82) is 0 Å². The first-order valence-electron chi connectivity index (χ1n) is 9.16. The average Bonchev–Trinajstić information content (AvgIpc) is 3.13. The molecule has 0 bridgehead atoms. The number of amides is 2. The standard InChI is InChI=1S/C21H22F2N2O4/c1-12(2)19(24-20(26)18-14(22)5-4-6-15(18)23)21(27)25(3)10-13-7-8-16-17(9-13)29-11-28-16/h4-9,12,19H,10-11H2,1-3H3,(H,24,26)/t19-/m0/s1. The van der Waals surface area contributed by atoms with E-state index in [4.69, 9.17) is 9.47 Å². The van der Waals surface area contributed by atoms with Gasteiger partial charge in [0.15, 0.2) is 11.5 Å². The van der Waals surface area contributed by atoms with Gasteiger partial charge in [0, 0.05) is 13.6 Å². The Balaban J connectivity index is 1.72. The van der Waals surface area contributed by atoms with Crippen molar-refractivity contribution < 1.29 is 27.8 Å². The molecule has 2 amide bonds. The number of likely N-dealkylation sites (N-methyl/N-ethyl adjacent to an activating group) is 1. The molecule has 0 unspecified atom stereocenters. The van der Waals surface area contributed by atoms with E-state index in [0.717, 1.165) is 17.7 Å². The number of rotatable bonds is 6. The summed E-state index contributed by atoms with van der Waals surface area (Å²) in [5, 5.41) is 2.47. The van der Waals surface area contributed by atoms with E-state index >= 15 is 0 Å². The number of nitrogens with zero attached hydrogens (tertiary/aromatic N) is 1. The van der Waals surface area contributed by atoms with Gasteiger partial charge in [-0.15, -0.1) is 0 Å². The molecule has 1 N–H and O–H groups in total. The minimum atomic E-state index is -0.980. The van der Waals surface area contributed by atoms with E-state index in [1.165, 1.54) is 11.0 Å². The number of hydrogen-bond donors (Lipinski definition) is 1. The molecule has 0 fully saturated rings. The van der Waals surface area contributed by atoms with Gasteiger partial charge in [-0.2, -0.15) is 0 Å². The molecule has 0 spiro atoms. The van der Waals surface area contributed by atoms with Gasteiger partial charge in [-0.1, -0.05) is 26.0 Å². The molecule has 0 saturated heterocycles. The number of carbonyl (C=O) groups excluding carboxylic acids is 2. The molecule has 0 radical (unpaired) electrons. The molecule has 1 atom stereocenters. The predicted octanol–water partition coefficient (Wildman–Crippen LogP) is 3.11. The SMILES string of the molecule is CC(C)[C@H](NC(=O)c1c(F)cccc1F)C(=O)N(C)Cc1ccc2c(c1)OCO2. The van der Waals surface area contributed by atoms with Gasteiger partial charge in [-0.05, 0) is 35.7 Å². The van der Waals surface area contributed by atoms with Gasteiger partial charge in [0.2, 0.25) is 12.7 Å². The summed E-state index contributed by atoms with van der Waals surface area (Å²) in [5.74, 6) is -2.35. The molecule has 8 heteroatoms. The van der Waals surface area contributed by atoms with Crippen LogP contribution in [0.4, 0.5) is 8.78 Å². The lowest BCUT2D eigenvalue weighted by molar-refractivity contribution is -0.133. The van der Waals surface area contributed by atoms with Crippen LogP contribution in [0.1, 0.15) is 29.8 Å². The molecule has 29 heavy (non-hydrogen) atoms. The molecule has 2 aromatic rings. The third kappa shape index (κ3) is 4.47. The van der Waals surface area contributed by atoms with Crippen molar-refractivity contribution in [1.82, 2.24) is 10.2 Å². The van der Waals surface area contributed by atoms with Gasteiger partial charge < -0.3 is 19.7 Å². The van der Waals surface area contributed by atoms with Crippen molar-refractivity contribution in [2.45, 2.75) is 26.4 Å². The smallest absolute Gasteiger partial charge is 0.257 e. The van der Waals surface area contributed by atoms with E-state index < -0.39 is 29.1 Å². The van der Waals surface area contributed by atoms with Crippen molar-refractivity contribution in [3.63, 3.8) is 0 Å². The highest BCUT2D eigenvalue weighted by atomic mass is 19.1. The largest absolute Gasteiger partial charge is 0.454 e. The van der Waals surface area contributed by atoms with Crippen LogP contribution in [0.15, 0.2) is 36.4 Å². The molecule has 0 aliphatic carbocycles. The Kier molecular flexibility index (Phi) is 6.00. The molecule has 1 heterocycles. The first kappa shape index (κ1) is 20.6. The number of ether oxygens (including phenoxy) is 2. The molecule has 1 aliphatic heterocycles. The zero-order chi connectivity index (χ0) is 21.1. The van der Waals surface area contributed by atoms with Crippen LogP contribution in [0.25, 0.3) is 0 Å². The second-order valence-electron chi connectivity index (χ2n) is 7.17. The fraction of sp³-hybridized carbons (Fsp3) is 0.333. The van der Waals surface area contributed by atoms with Crippen LogP contribution in [0, 0.1) is 17.6 Å². The Morgan fingerprint density at radius 1 is 1.10 bits per heavy atom. The molecule has 154 valence electrons. The lowest BCUT2D eigenvalue weighted by Gasteiger charge is -2.27. The summed E-state index contributed by atoms with van der Waals surface area (Å²) < 4.78 is 38.4. The highest BCUT2D eigenvalue weighted by Crippen LogP contribution is 2.32. The maximum absolute atomic E-state index is 13.9. The van der Waals surface area contributed by atoms with Crippen molar-refractivity contribution in [2.75, 3.05) is 13.8 Å². The second kappa shape index (κ2) is 8.46. The van der Waals surface area contributed by atoms with Gasteiger partial charge in [0.05, 0.1) is 0 Å². The van der Waals surface area contributed by atoms with E-state index in [2.05, 4.69) is 5.32 Å². The summed E-state index contributed by atoms with van der Waals surface area (Å²) in [6.45, 7) is 3.91. The molecule has 0 saturated carbocycles. The van der Waals surface area contributed by atoms with Gasteiger partial charge in [0.1, 0.15) is 23.2 Å². The Hall–Kier alpha value is -3.16. The highest BCUT2D eigenvalue weighted by Gasteiger charge is 2.29. The molecule has 0 aromatic heterocycles. The summed E-state index contributed by atoms with van der Waals surface area (Å²) in [6, 6.07) is 7.58. The number of hydrogen-bond acceptors (Lipinski definition) is 4. The zero-order valence-electron chi connectivity index (χ0n) is 16.4. The Labute approximate surface area is 167 Å². The van der Waals surface area contributed by atoms with Gasteiger partial charge in [0.25, 0.3) is 5.91 Å². The lowest BCUT2D eigenvalue weighted by atomic mass is 10.0. The van der Waals surface area contributed by atoms with Crippen LogP contribution in [-0.4, -0.2) is 36.6 Å². The lowest BCUT2D eigenvalue weighted by Crippen LogP contribution is -2.50. The van der Waals surface area contributed by atoms with Gasteiger partial charge >= 0.3 is 0 Å². The van der Waals surface area contributed by atoms with Crippen molar-refractivity contribution in [3.8, 4) is 11.5 Å². The third-order valence-corrected chi connectivity index (χ3v) is 4.64. The maximum Gasteiger partial charge on any atom is 0.257 e. The summed E-state index contributed by atoms with van der Waals surface area (Å²) >= 11 is 0. The maximum atomic E-state index is 13.9. The van der Waals surface area contributed by atoms with Crippen LogP contribution < -0.4 is 14.8 Å². The summed E-state index contributed by atoms with van der Waals surface area (Å²) in [6.07, 6.45) is 0. The quantitative estimate of drug-likeness (QED) is 0.804. The Morgan fingerprint density at radius 2 is 1.76 bits per heavy atom. The third-order valence-electron chi connectivity index (χ3n) is 4.64. The fourth-order valence-electron chi connectivity index (χ4n) is 3.07. The minimum Gasteiger partial charge on any atom is -0.454 e. The van der Waals surface area contributed by atoms with Crippen molar-refractivity contribution in [3.05, 3.63) is 59.2 Å². The van der Waals surface area contributed by atoms with E-state index in [-0.39, 0.29) is 25.2 Å². The second-order valence-corrected chi connectivity index (χ2v) is 7.17. The van der Waals surface area contributed by atoms with Crippen LogP contribution in [0.5, 0.6) is 11.5 Å². The zero-order valence-corrected chi connectivity index (χ0v) is 16.4. The highest BCUT2D eigenvalue weighted by molar-refractivity contribution is 5.98. The summed E-state index contributed by atoms with van der Waals surface area (Å²) in [7, 11) is 1.60. The van der Waals surface area contributed by atoms with E-state index in [9.17, 15) is 18.4 Å². The number of benzene rings is 2. The predicted molar refractivity (Wildman–Crippen MR) is 101 cm³/mol. The monoisotopic (exact) mass is 404 g/mol. The number of carbonyl (C=O) groups is 2. The van der Waals surface area contributed by atoms with Gasteiger partial charge in [-0.25, -0.2) is 8.78 Å². The van der Waals surface area contributed by atoms with E-state index in [1.807, 2.05) is 6.07 Å². The van der Waals surface area contributed by atoms with Crippen molar-refractivity contribution in [2.24, 2.45) is 5.92 Å². The fourth-order valence-corrected chi connectivity index (χ4v) is 3.07. The number of nitrogens with one attached hydrogen (secondary N) is 1. The number of fused-ring (bicyclic) bond motifs is 1. The van der Waals surface area contributed by atoms with E-state index in [0.29, 0.717) is 11.5 Å². The molecule has 1 aliphatic rings. The topological polar surface area (TPSA) is 67.9 Å². The molecule has 2 aromatic carbocycles. The van der Waals surface area contributed by atoms with Gasteiger partial charge in [-0.3, -0.25) is 9.59 Å². The van der Waals surface area contributed by atoms with E-state index in [1.54, 1.807) is 33.0 Å². The normalized spacial score (nSPS) is 13.3. The number of halogens is 2. The first-order valence-corrected chi connectivity index (χ1v) is 9.16. The van der Waals surface area contributed by atoms with Crippen LogP contribution in [0.3, 0.4) is 0 Å². The molecular formula is C21H22F2N2O4. The Bertz CT molecular complexity index is 913. The molecule has 6 nitrogen and oxygen atoms in total. The van der Waals surface area contributed by atoms with Crippen LogP contribution >= 0.6 is 0 Å². The average molecular weight is 404 g/mol. The van der Waals surface area contributed by atoms with Crippen LogP contribution in [0.2, 0.25) is 0 Å². The summed E-state index contributed by atoms with van der Waals surface area (Å²) in [4.78, 5) is 26.8.